The van der Waals surface area contributed by atoms with Gasteiger partial charge in [-0.2, -0.15) is 9.61 Å². The van der Waals surface area contributed by atoms with Crippen LogP contribution in [0.1, 0.15) is 0 Å². The summed E-state index contributed by atoms with van der Waals surface area (Å²) in [4.78, 5) is 8.78. The van der Waals surface area contributed by atoms with Crippen LogP contribution in [0.3, 0.4) is 0 Å². The smallest absolute Gasteiger partial charge is 0.235 e. The average molecular weight is 377 g/mol. The Morgan fingerprint density at radius 1 is 1.18 bits per heavy atom. The predicted octanol–water partition coefficient (Wildman–Crippen LogP) is 3.21. The minimum atomic E-state index is -0.391. The number of hydrogen-bond acceptors (Lipinski definition) is 6. The Kier molecular flexibility index (Phi) is 3.16. The normalized spacial score (nSPS) is 11.2. The van der Waals surface area contributed by atoms with Crippen LogP contribution in [0.4, 0.5) is 4.39 Å². The lowest BCUT2D eigenvalue weighted by Crippen LogP contribution is -1.94. The molecule has 9 heteroatoms. The second-order valence-electron chi connectivity index (χ2n) is 4.34. The maximum atomic E-state index is 14.1. The first-order valence-corrected chi connectivity index (χ1v) is 7.77. The molecule has 0 aliphatic heterocycles. The third kappa shape index (κ3) is 2.18. The highest BCUT2D eigenvalue weighted by molar-refractivity contribution is 9.10. The van der Waals surface area contributed by atoms with Gasteiger partial charge < -0.3 is 0 Å². The van der Waals surface area contributed by atoms with Crippen molar-refractivity contribution in [2.24, 2.45) is 0 Å². The molecule has 108 valence electrons. The minimum Gasteiger partial charge on any atom is -0.261 e. The van der Waals surface area contributed by atoms with E-state index in [9.17, 15) is 4.39 Å². The molecule has 3 aromatic heterocycles. The Balaban J connectivity index is 1.88. The topological polar surface area (TPSA) is 68.9 Å². The molecule has 0 fully saturated rings. The first kappa shape index (κ1) is 13.4. The molecule has 3 heterocycles. The van der Waals surface area contributed by atoms with Crippen LogP contribution in [0.25, 0.3) is 27.1 Å². The van der Waals surface area contributed by atoms with Gasteiger partial charge in [0.15, 0.2) is 10.8 Å². The Morgan fingerprint density at radius 3 is 2.86 bits per heavy atom. The van der Waals surface area contributed by atoms with Gasteiger partial charge in [-0.25, -0.2) is 4.39 Å². The molecule has 0 saturated heterocycles. The van der Waals surface area contributed by atoms with Crippen molar-refractivity contribution in [1.82, 2.24) is 29.8 Å². The molecule has 0 bridgehead atoms. The third-order valence-corrected chi connectivity index (χ3v) is 4.36. The lowest BCUT2D eigenvalue weighted by Gasteiger charge is -2.00. The lowest BCUT2D eigenvalue weighted by atomic mass is 10.2. The van der Waals surface area contributed by atoms with Gasteiger partial charge in [0.25, 0.3) is 0 Å². The standard InChI is InChI=1S/C13H6BrFN6S/c14-7-1-2-8(9(15)5-7)11-18-19-13-21(11)20-12(22-13)10-6-16-3-4-17-10/h1-6H. The molecule has 0 amide bonds. The van der Waals surface area contributed by atoms with Crippen LogP contribution < -0.4 is 0 Å². The van der Waals surface area contributed by atoms with Crippen molar-refractivity contribution in [3.05, 3.63) is 47.1 Å². The van der Waals surface area contributed by atoms with E-state index < -0.39 is 5.82 Å². The summed E-state index contributed by atoms with van der Waals surface area (Å²) in [5, 5.41) is 13.1. The largest absolute Gasteiger partial charge is 0.261 e. The van der Waals surface area contributed by atoms with Crippen LogP contribution in [0.15, 0.2) is 41.3 Å². The quantitative estimate of drug-likeness (QED) is 0.537. The van der Waals surface area contributed by atoms with Gasteiger partial charge in [0.1, 0.15) is 11.5 Å². The fourth-order valence-corrected chi connectivity index (χ4v) is 3.10. The van der Waals surface area contributed by atoms with Crippen LogP contribution in [-0.2, 0) is 0 Å². The highest BCUT2D eigenvalue weighted by Crippen LogP contribution is 2.28. The Hall–Kier alpha value is -2.26. The van der Waals surface area contributed by atoms with Crippen LogP contribution in [-0.4, -0.2) is 29.8 Å². The molecular formula is C13H6BrFN6S. The zero-order chi connectivity index (χ0) is 15.1. The van der Waals surface area contributed by atoms with Crippen LogP contribution >= 0.6 is 27.3 Å². The van der Waals surface area contributed by atoms with Crippen molar-refractivity contribution >= 4 is 32.2 Å². The summed E-state index contributed by atoms with van der Waals surface area (Å²) in [7, 11) is 0. The number of hydrogen-bond donors (Lipinski definition) is 0. The molecule has 0 radical (unpaired) electrons. The van der Waals surface area contributed by atoms with Crippen molar-refractivity contribution in [2.75, 3.05) is 0 Å². The summed E-state index contributed by atoms with van der Waals surface area (Å²) in [6.45, 7) is 0. The summed E-state index contributed by atoms with van der Waals surface area (Å²) < 4.78 is 16.3. The zero-order valence-corrected chi connectivity index (χ0v) is 13.2. The summed E-state index contributed by atoms with van der Waals surface area (Å²) in [6, 6.07) is 4.76. The highest BCUT2D eigenvalue weighted by atomic mass is 79.9. The van der Waals surface area contributed by atoms with Crippen LogP contribution in [0.5, 0.6) is 0 Å². The van der Waals surface area contributed by atoms with E-state index in [0.717, 1.165) is 0 Å². The van der Waals surface area contributed by atoms with Gasteiger partial charge in [-0.3, -0.25) is 9.97 Å². The fourth-order valence-electron chi connectivity index (χ4n) is 1.97. The fraction of sp³-hybridized carbons (Fsp3) is 0. The Bertz CT molecular complexity index is 967. The number of benzene rings is 1. The van der Waals surface area contributed by atoms with Gasteiger partial charge in [-0.05, 0) is 18.2 Å². The Labute approximate surface area is 135 Å². The molecule has 0 saturated carbocycles. The van der Waals surface area contributed by atoms with E-state index in [2.05, 4.69) is 41.2 Å². The van der Waals surface area contributed by atoms with Crippen molar-refractivity contribution in [2.45, 2.75) is 0 Å². The molecular weight excluding hydrogens is 371 g/mol. The first-order valence-electron chi connectivity index (χ1n) is 6.16. The molecule has 0 spiro atoms. The summed E-state index contributed by atoms with van der Waals surface area (Å²) in [5.41, 5.74) is 0.979. The second kappa shape index (κ2) is 5.18. The van der Waals surface area contributed by atoms with E-state index in [4.69, 9.17) is 0 Å². The molecule has 0 aliphatic rings. The Morgan fingerprint density at radius 2 is 2.09 bits per heavy atom. The van der Waals surface area contributed by atoms with Crippen molar-refractivity contribution in [3.8, 4) is 22.1 Å². The average Bonchev–Trinajstić information content (AvgIpc) is 3.09. The number of halogens is 2. The molecule has 0 aliphatic carbocycles. The van der Waals surface area contributed by atoms with Crippen LogP contribution in [0.2, 0.25) is 0 Å². The van der Waals surface area contributed by atoms with E-state index in [0.29, 0.717) is 31.5 Å². The lowest BCUT2D eigenvalue weighted by molar-refractivity contribution is 0.628. The maximum Gasteiger partial charge on any atom is 0.235 e. The molecule has 1 aromatic carbocycles. The van der Waals surface area contributed by atoms with Crippen molar-refractivity contribution < 1.29 is 4.39 Å². The number of rotatable bonds is 2. The van der Waals surface area contributed by atoms with E-state index in [1.807, 2.05) is 0 Å². The SMILES string of the molecule is Fc1cc(Br)ccc1-c1nnc2sc(-c3cnccn3)nn12. The summed E-state index contributed by atoms with van der Waals surface area (Å²) in [6.07, 6.45) is 4.80. The first-order chi connectivity index (χ1) is 10.7. The van der Waals surface area contributed by atoms with E-state index in [1.54, 1.807) is 30.7 Å². The molecule has 4 rings (SSSR count). The van der Waals surface area contributed by atoms with E-state index in [-0.39, 0.29) is 0 Å². The third-order valence-electron chi connectivity index (χ3n) is 2.95. The molecule has 0 N–H and O–H groups in total. The van der Waals surface area contributed by atoms with Crippen molar-refractivity contribution in [3.63, 3.8) is 0 Å². The van der Waals surface area contributed by atoms with Gasteiger partial charge in [-0.15, -0.1) is 10.2 Å². The van der Waals surface area contributed by atoms with E-state index >= 15 is 0 Å². The zero-order valence-electron chi connectivity index (χ0n) is 10.8. The minimum absolute atomic E-state index is 0.340. The monoisotopic (exact) mass is 376 g/mol. The number of nitrogens with zero attached hydrogens (tertiary/aromatic N) is 6. The van der Waals surface area contributed by atoms with Gasteiger partial charge >= 0.3 is 0 Å². The molecule has 0 unspecified atom stereocenters. The second-order valence-corrected chi connectivity index (χ2v) is 6.21. The molecule has 22 heavy (non-hydrogen) atoms. The summed E-state index contributed by atoms with van der Waals surface area (Å²) >= 11 is 4.55. The predicted molar refractivity (Wildman–Crippen MR) is 82.8 cm³/mol. The number of fused-ring (bicyclic) bond motifs is 1. The maximum absolute atomic E-state index is 14.1. The van der Waals surface area contributed by atoms with Gasteiger partial charge in [0.2, 0.25) is 4.96 Å². The van der Waals surface area contributed by atoms with Crippen molar-refractivity contribution in [1.29, 1.82) is 0 Å². The summed E-state index contributed by atoms with van der Waals surface area (Å²) in [5.74, 6) is -0.0379. The van der Waals surface area contributed by atoms with E-state index in [1.165, 1.54) is 21.9 Å². The molecule has 6 nitrogen and oxygen atoms in total. The van der Waals surface area contributed by atoms with Gasteiger partial charge in [0.05, 0.1) is 11.8 Å². The van der Waals surface area contributed by atoms with Gasteiger partial charge in [-0.1, -0.05) is 27.3 Å². The van der Waals surface area contributed by atoms with Crippen LogP contribution in [0, 0.1) is 5.82 Å². The number of aromatic nitrogens is 6. The van der Waals surface area contributed by atoms with Gasteiger partial charge in [0, 0.05) is 16.9 Å². The molecule has 0 atom stereocenters. The highest BCUT2D eigenvalue weighted by Gasteiger charge is 2.17. The molecule has 4 aromatic rings.